The Morgan fingerprint density at radius 2 is 2.00 bits per heavy atom. The molecule has 1 aromatic rings. The quantitative estimate of drug-likeness (QED) is 0.857. The number of hydrogen-bond donors (Lipinski definition) is 2. The van der Waals surface area contributed by atoms with E-state index < -0.39 is 5.54 Å². The van der Waals surface area contributed by atoms with Crippen LogP contribution in [0, 0.1) is 5.82 Å². The summed E-state index contributed by atoms with van der Waals surface area (Å²) in [6, 6.07) is 6.50. The van der Waals surface area contributed by atoms with E-state index in [1.807, 2.05) is 0 Å². The van der Waals surface area contributed by atoms with Crippen LogP contribution in [0.1, 0.15) is 37.7 Å². The molecule has 0 saturated heterocycles. The van der Waals surface area contributed by atoms with E-state index in [0.717, 1.165) is 25.7 Å². The molecule has 2 N–H and O–H groups in total. The Morgan fingerprint density at radius 1 is 1.32 bits per heavy atom. The number of aryl methyl sites for hydroxylation is 1. The number of rotatable bonds is 5. The van der Waals surface area contributed by atoms with E-state index in [2.05, 4.69) is 5.32 Å². The zero-order chi connectivity index (χ0) is 13.7. The molecule has 0 radical (unpaired) electrons. The number of amides is 1. The number of hydrogen-bond acceptors (Lipinski definition) is 2. The van der Waals surface area contributed by atoms with E-state index in [0.29, 0.717) is 12.0 Å². The first kappa shape index (κ1) is 14.0. The van der Waals surface area contributed by atoms with Crippen molar-refractivity contribution in [3.05, 3.63) is 35.6 Å². The first-order valence-electron chi connectivity index (χ1n) is 6.80. The van der Waals surface area contributed by atoms with Gasteiger partial charge >= 0.3 is 0 Å². The molecule has 3 nitrogen and oxygen atoms in total. The average molecular weight is 265 g/mol. The minimum Gasteiger partial charge on any atom is -0.394 e. The summed E-state index contributed by atoms with van der Waals surface area (Å²) in [5.41, 5.74) is 0.119. The second-order valence-corrected chi connectivity index (χ2v) is 5.29. The van der Waals surface area contributed by atoms with Crippen molar-refractivity contribution < 1.29 is 14.3 Å². The number of aliphatic hydroxyl groups excluding tert-OH is 1. The summed E-state index contributed by atoms with van der Waals surface area (Å²) in [5, 5.41) is 12.3. The third-order valence-electron chi connectivity index (χ3n) is 3.85. The van der Waals surface area contributed by atoms with Gasteiger partial charge in [0.05, 0.1) is 12.1 Å². The predicted molar refractivity (Wildman–Crippen MR) is 71.1 cm³/mol. The van der Waals surface area contributed by atoms with Crippen molar-refractivity contribution >= 4 is 5.91 Å². The third-order valence-corrected chi connectivity index (χ3v) is 3.85. The van der Waals surface area contributed by atoms with Crippen LogP contribution in [0.4, 0.5) is 4.39 Å². The highest BCUT2D eigenvalue weighted by atomic mass is 19.1. The van der Waals surface area contributed by atoms with Crippen LogP contribution in [0.25, 0.3) is 0 Å². The summed E-state index contributed by atoms with van der Waals surface area (Å²) < 4.78 is 13.4. The minimum absolute atomic E-state index is 0.0154. The number of carbonyl (C=O) groups excluding carboxylic acids is 1. The summed E-state index contributed by atoms with van der Waals surface area (Å²) in [4.78, 5) is 11.9. The highest BCUT2D eigenvalue weighted by Crippen LogP contribution is 2.29. The molecule has 0 atom stereocenters. The fourth-order valence-electron chi connectivity index (χ4n) is 2.68. The molecule has 1 aliphatic carbocycles. The second kappa shape index (κ2) is 6.15. The van der Waals surface area contributed by atoms with Crippen molar-refractivity contribution in [2.75, 3.05) is 6.61 Å². The summed E-state index contributed by atoms with van der Waals surface area (Å²) in [6.07, 6.45) is 4.37. The summed E-state index contributed by atoms with van der Waals surface area (Å²) in [5.74, 6) is -0.382. The molecule has 0 aliphatic heterocycles. The van der Waals surface area contributed by atoms with Gasteiger partial charge in [0.15, 0.2) is 0 Å². The Hall–Kier alpha value is -1.42. The van der Waals surface area contributed by atoms with Gasteiger partial charge in [0.2, 0.25) is 5.91 Å². The fourth-order valence-corrected chi connectivity index (χ4v) is 2.68. The highest BCUT2D eigenvalue weighted by molar-refractivity contribution is 5.77. The molecule has 2 rings (SSSR count). The van der Waals surface area contributed by atoms with Crippen molar-refractivity contribution in [1.29, 1.82) is 0 Å². The molecule has 0 heterocycles. The van der Waals surface area contributed by atoms with Gasteiger partial charge in [0.1, 0.15) is 5.82 Å². The van der Waals surface area contributed by atoms with Crippen LogP contribution in [0.5, 0.6) is 0 Å². The largest absolute Gasteiger partial charge is 0.394 e. The Morgan fingerprint density at radius 3 is 2.63 bits per heavy atom. The topological polar surface area (TPSA) is 49.3 Å². The molecule has 104 valence electrons. The standard InChI is InChI=1S/C15H20FNO2/c16-13-6-2-1-5-12(13)7-8-14(19)17-15(11-18)9-3-4-10-15/h1-2,5-6,18H,3-4,7-11H2,(H,17,19). The fraction of sp³-hybridized carbons (Fsp3) is 0.533. The maximum Gasteiger partial charge on any atom is 0.220 e. The van der Waals surface area contributed by atoms with Crippen LogP contribution >= 0.6 is 0 Å². The number of halogens is 1. The number of aliphatic hydroxyl groups is 1. The first-order chi connectivity index (χ1) is 9.15. The van der Waals surface area contributed by atoms with Gasteiger partial charge in [-0.1, -0.05) is 31.0 Å². The molecule has 19 heavy (non-hydrogen) atoms. The normalized spacial score (nSPS) is 17.4. The van der Waals surface area contributed by atoms with E-state index in [9.17, 15) is 14.3 Å². The van der Waals surface area contributed by atoms with Gasteiger partial charge in [0.25, 0.3) is 0 Å². The van der Waals surface area contributed by atoms with Gasteiger partial charge in [-0.3, -0.25) is 4.79 Å². The van der Waals surface area contributed by atoms with E-state index >= 15 is 0 Å². The summed E-state index contributed by atoms with van der Waals surface area (Å²) >= 11 is 0. The lowest BCUT2D eigenvalue weighted by Gasteiger charge is -2.28. The van der Waals surface area contributed by atoms with E-state index in [1.165, 1.54) is 6.07 Å². The van der Waals surface area contributed by atoms with Gasteiger partial charge < -0.3 is 10.4 Å². The van der Waals surface area contributed by atoms with Gasteiger partial charge in [0, 0.05) is 6.42 Å². The predicted octanol–water partition coefficient (Wildman–Crippen LogP) is 2.18. The maximum atomic E-state index is 13.4. The van der Waals surface area contributed by atoms with Crippen molar-refractivity contribution in [1.82, 2.24) is 5.32 Å². The maximum absolute atomic E-state index is 13.4. The van der Waals surface area contributed by atoms with Crippen molar-refractivity contribution in [2.45, 2.75) is 44.1 Å². The summed E-state index contributed by atoms with van der Waals surface area (Å²) in [7, 11) is 0. The minimum atomic E-state index is -0.438. The molecular formula is C15H20FNO2. The van der Waals surface area contributed by atoms with E-state index in [-0.39, 0.29) is 24.8 Å². The molecule has 4 heteroatoms. The highest BCUT2D eigenvalue weighted by Gasteiger charge is 2.34. The first-order valence-corrected chi connectivity index (χ1v) is 6.80. The average Bonchev–Trinajstić information content (AvgIpc) is 2.87. The Kier molecular flexibility index (Phi) is 4.53. The number of carbonyl (C=O) groups is 1. The molecule has 1 fully saturated rings. The lowest BCUT2D eigenvalue weighted by Crippen LogP contribution is -2.49. The zero-order valence-corrected chi connectivity index (χ0v) is 11.0. The second-order valence-electron chi connectivity index (χ2n) is 5.29. The van der Waals surface area contributed by atoms with Crippen molar-refractivity contribution in [3.63, 3.8) is 0 Å². The number of nitrogens with one attached hydrogen (secondary N) is 1. The molecule has 1 aromatic carbocycles. The monoisotopic (exact) mass is 265 g/mol. The lowest BCUT2D eigenvalue weighted by atomic mass is 9.98. The zero-order valence-electron chi connectivity index (χ0n) is 11.0. The molecule has 0 unspecified atom stereocenters. The lowest BCUT2D eigenvalue weighted by molar-refractivity contribution is -0.123. The Labute approximate surface area is 112 Å². The van der Waals surface area contributed by atoms with Gasteiger partial charge in [-0.05, 0) is 30.9 Å². The van der Waals surface area contributed by atoms with Crippen LogP contribution < -0.4 is 5.32 Å². The molecule has 0 aromatic heterocycles. The third kappa shape index (κ3) is 3.53. The van der Waals surface area contributed by atoms with Crippen LogP contribution in [0.3, 0.4) is 0 Å². The molecule has 0 spiro atoms. The molecule has 1 saturated carbocycles. The van der Waals surface area contributed by atoms with Gasteiger partial charge in [-0.2, -0.15) is 0 Å². The smallest absolute Gasteiger partial charge is 0.220 e. The van der Waals surface area contributed by atoms with Crippen LogP contribution in [0.15, 0.2) is 24.3 Å². The van der Waals surface area contributed by atoms with Gasteiger partial charge in [-0.25, -0.2) is 4.39 Å². The van der Waals surface area contributed by atoms with Crippen LogP contribution in [0.2, 0.25) is 0 Å². The SMILES string of the molecule is O=C(CCc1ccccc1F)NC1(CO)CCCC1. The van der Waals surface area contributed by atoms with E-state index in [4.69, 9.17) is 0 Å². The Balaban J connectivity index is 1.86. The van der Waals surface area contributed by atoms with Crippen molar-refractivity contribution in [3.8, 4) is 0 Å². The number of benzene rings is 1. The molecule has 0 bridgehead atoms. The van der Waals surface area contributed by atoms with Crippen molar-refractivity contribution in [2.24, 2.45) is 0 Å². The molecule has 1 aliphatic rings. The summed E-state index contributed by atoms with van der Waals surface area (Å²) in [6.45, 7) is -0.0154. The molecule has 1 amide bonds. The van der Waals surface area contributed by atoms with Crippen LogP contribution in [-0.4, -0.2) is 23.2 Å². The van der Waals surface area contributed by atoms with Crippen LogP contribution in [-0.2, 0) is 11.2 Å². The van der Waals surface area contributed by atoms with Gasteiger partial charge in [-0.15, -0.1) is 0 Å². The molecular weight excluding hydrogens is 245 g/mol. The van der Waals surface area contributed by atoms with E-state index in [1.54, 1.807) is 18.2 Å². The Bertz CT molecular complexity index is 442.